The van der Waals surface area contributed by atoms with Crippen LogP contribution in [0.2, 0.25) is 0 Å². The monoisotopic (exact) mass is 401 g/mol. The third kappa shape index (κ3) is 2.78. The molecular formula is C18H16FN5O3S. The number of carbonyl (C=O) groups excluding carboxylic acids is 1. The molecule has 0 fully saturated rings. The van der Waals surface area contributed by atoms with E-state index in [1.807, 2.05) is 0 Å². The molecule has 0 saturated heterocycles. The summed E-state index contributed by atoms with van der Waals surface area (Å²) in [6.07, 6.45) is 3.36. The molecule has 10 heteroatoms. The van der Waals surface area contributed by atoms with E-state index in [0.717, 1.165) is 14.7 Å². The van der Waals surface area contributed by atoms with Gasteiger partial charge in [0.2, 0.25) is 0 Å². The predicted octanol–water partition coefficient (Wildman–Crippen LogP) is 2.39. The molecule has 1 aromatic heterocycles. The number of nitrogens with one attached hydrogen (secondary N) is 1. The van der Waals surface area contributed by atoms with Crippen LogP contribution >= 0.6 is 0 Å². The Kier molecular flexibility index (Phi) is 4.07. The van der Waals surface area contributed by atoms with Crippen molar-refractivity contribution < 1.29 is 17.6 Å². The van der Waals surface area contributed by atoms with E-state index in [1.165, 1.54) is 20.2 Å². The molecule has 0 atom stereocenters. The zero-order chi connectivity index (χ0) is 20.1. The van der Waals surface area contributed by atoms with Gasteiger partial charge >= 0.3 is 10.2 Å². The number of hydrogen-bond donors (Lipinski definition) is 1. The maximum Gasteiger partial charge on any atom is 0.326 e. The maximum atomic E-state index is 14.5. The van der Waals surface area contributed by atoms with E-state index in [0.29, 0.717) is 11.3 Å². The van der Waals surface area contributed by atoms with E-state index in [-0.39, 0.29) is 17.1 Å². The summed E-state index contributed by atoms with van der Waals surface area (Å²) in [6, 6.07) is 10.9. The summed E-state index contributed by atoms with van der Waals surface area (Å²) in [4.78, 5) is 12.6. The summed E-state index contributed by atoms with van der Waals surface area (Å²) in [5.74, 6) is -1.25. The number of fused-ring (bicyclic) bond motifs is 1. The molecule has 0 aliphatic carbocycles. The van der Waals surface area contributed by atoms with Gasteiger partial charge in [-0.2, -0.15) is 13.5 Å². The van der Waals surface area contributed by atoms with Gasteiger partial charge in [0.25, 0.3) is 5.91 Å². The van der Waals surface area contributed by atoms with Gasteiger partial charge in [0.05, 0.1) is 22.7 Å². The predicted molar refractivity (Wildman–Crippen MR) is 104 cm³/mol. The minimum absolute atomic E-state index is 0.106. The van der Waals surface area contributed by atoms with E-state index in [2.05, 4.69) is 10.4 Å². The average molecular weight is 401 g/mol. The Morgan fingerprint density at radius 2 is 1.79 bits per heavy atom. The Balaban J connectivity index is 1.65. The Hall–Kier alpha value is -3.40. The molecular weight excluding hydrogens is 385 g/mol. The van der Waals surface area contributed by atoms with Crippen molar-refractivity contribution in [2.75, 3.05) is 28.0 Å². The summed E-state index contributed by atoms with van der Waals surface area (Å²) in [7, 11) is -1.02. The second-order valence-corrected chi connectivity index (χ2v) is 8.21. The van der Waals surface area contributed by atoms with Crippen molar-refractivity contribution in [1.29, 1.82) is 0 Å². The molecule has 8 nitrogen and oxygen atoms in total. The number of hydrogen-bond acceptors (Lipinski definition) is 4. The highest BCUT2D eigenvalue weighted by Gasteiger charge is 2.36. The molecule has 4 rings (SSSR count). The van der Waals surface area contributed by atoms with Crippen molar-refractivity contribution in [1.82, 2.24) is 9.78 Å². The van der Waals surface area contributed by atoms with Crippen LogP contribution in [0.1, 0.15) is 10.4 Å². The zero-order valence-corrected chi connectivity index (χ0v) is 15.8. The molecule has 0 unspecified atom stereocenters. The van der Waals surface area contributed by atoms with Crippen LogP contribution in [0.4, 0.5) is 21.5 Å². The standard InChI is InChI=1S/C18H16FN5O3S/c1-22-16-10-14(19)15(11-17(16)23(2)28(22,26)27)21-18(25)12-5-3-6-13(9-12)24-8-4-7-20-24/h3-11H,1-2H3,(H,21,25). The van der Waals surface area contributed by atoms with E-state index in [4.69, 9.17) is 0 Å². The average Bonchev–Trinajstić information content (AvgIpc) is 3.27. The molecule has 0 bridgehead atoms. The van der Waals surface area contributed by atoms with Crippen LogP contribution in [-0.4, -0.2) is 38.2 Å². The first-order valence-corrected chi connectivity index (χ1v) is 9.66. The van der Waals surface area contributed by atoms with Gasteiger partial charge in [-0.1, -0.05) is 6.07 Å². The molecule has 1 aliphatic heterocycles. The van der Waals surface area contributed by atoms with Crippen LogP contribution in [-0.2, 0) is 10.2 Å². The van der Waals surface area contributed by atoms with Crippen molar-refractivity contribution >= 4 is 33.2 Å². The van der Waals surface area contributed by atoms with Crippen molar-refractivity contribution in [2.24, 2.45) is 0 Å². The van der Waals surface area contributed by atoms with Crippen LogP contribution in [0, 0.1) is 5.82 Å². The van der Waals surface area contributed by atoms with Crippen molar-refractivity contribution in [2.45, 2.75) is 0 Å². The smallest absolute Gasteiger partial charge is 0.319 e. The molecule has 2 heterocycles. The van der Waals surface area contributed by atoms with Gasteiger partial charge in [0.1, 0.15) is 5.82 Å². The summed E-state index contributed by atoms with van der Waals surface area (Å²) >= 11 is 0. The number of amides is 1. The SMILES string of the molecule is CN1c2cc(F)c(NC(=O)c3cccc(-n4cccn4)c3)cc2N(C)S1(=O)=O. The number of nitrogens with zero attached hydrogens (tertiary/aromatic N) is 4. The van der Waals surface area contributed by atoms with E-state index < -0.39 is 21.9 Å². The minimum atomic E-state index is -3.73. The first-order chi connectivity index (χ1) is 13.3. The topological polar surface area (TPSA) is 87.5 Å². The van der Waals surface area contributed by atoms with Gasteiger partial charge in [0.15, 0.2) is 0 Å². The summed E-state index contributed by atoms with van der Waals surface area (Å²) in [6.45, 7) is 0. The Morgan fingerprint density at radius 3 is 2.46 bits per heavy atom. The van der Waals surface area contributed by atoms with Crippen molar-refractivity contribution in [3.63, 3.8) is 0 Å². The molecule has 0 saturated carbocycles. The van der Waals surface area contributed by atoms with Crippen LogP contribution in [0.5, 0.6) is 0 Å². The summed E-state index contributed by atoms with van der Waals surface area (Å²) in [5, 5.41) is 6.62. The minimum Gasteiger partial charge on any atom is -0.319 e. The number of carbonyl (C=O) groups is 1. The Bertz CT molecular complexity index is 1180. The molecule has 1 aliphatic rings. The third-order valence-electron chi connectivity index (χ3n) is 4.56. The number of benzene rings is 2. The molecule has 1 N–H and O–H groups in total. The largest absolute Gasteiger partial charge is 0.326 e. The number of halogens is 1. The second-order valence-electron chi connectivity index (χ2n) is 6.22. The van der Waals surface area contributed by atoms with Gasteiger partial charge in [0, 0.05) is 38.1 Å². The summed E-state index contributed by atoms with van der Waals surface area (Å²) in [5.41, 5.74) is 1.37. The lowest BCUT2D eigenvalue weighted by atomic mass is 10.1. The lowest BCUT2D eigenvalue weighted by Crippen LogP contribution is -2.32. The first kappa shape index (κ1) is 18.0. The van der Waals surface area contributed by atoms with Crippen LogP contribution in [0.3, 0.4) is 0 Å². The quantitative estimate of drug-likeness (QED) is 0.730. The summed E-state index contributed by atoms with van der Waals surface area (Å²) < 4.78 is 42.5. The Labute approximate surface area is 161 Å². The molecule has 144 valence electrons. The zero-order valence-electron chi connectivity index (χ0n) is 15.0. The van der Waals surface area contributed by atoms with Crippen molar-refractivity contribution in [3.05, 3.63) is 66.2 Å². The van der Waals surface area contributed by atoms with E-state index in [9.17, 15) is 17.6 Å². The highest BCUT2D eigenvalue weighted by atomic mass is 32.2. The van der Waals surface area contributed by atoms with Gasteiger partial charge < -0.3 is 5.32 Å². The van der Waals surface area contributed by atoms with E-state index >= 15 is 0 Å². The third-order valence-corrected chi connectivity index (χ3v) is 6.34. The molecule has 2 aromatic carbocycles. The van der Waals surface area contributed by atoms with E-state index in [1.54, 1.807) is 47.4 Å². The molecule has 3 aromatic rings. The highest BCUT2D eigenvalue weighted by Crippen LogP contribution is 2.41. The molecule has 0 spiro atoms. The van der Waals surface area contributed by atoms with Gasteiger partial charge in [-0.05, 0) is 30.3 Å². The van der Waals surface area contributed by atoms with Gasteiger partial charge in [-0.3, -0.25) is 13.4 Å². The molecule has 28 heavy (non-hydrogen) atoms. The van der Waals surface area contributed by atoms with Gasteiger partial charge in [-0.15, -0.1) is 0 Å². The fourth-order valence-electron chi connectivity index (χ4n) is 2.99. The molecule has 0 radical (unpaired) electrons. The normalized spacial score (nSPS) is 14.8. The molecule has 1 amide bonds. The van der Waals surface area contributed by atoms with Crippen LogP contribution in [0.25, 0.3) is 5.69 Å². The maximum absolute atomic E-state index is 14.5. The highest BCUT2D eigenvalue weighted by molar-refractivity contribution is 7.94. The fourth-order valence-corrected chi connectivity index (χ4v) is 4.15. The first-order valence-electron chi connectivity index (χ1n) is 8.27. The lowest BCUT2D eigenvalue weighted by Gasteiger charge is -2.13. The second kappa shape index (κ2) is 6.34. The van der Waals surface area contributed by atoms with Crippen molar-refractivity contribution in [3.8, 4) is 5.69 Å². The lowest BCUT2D eigenvalue weighted by molar-refractivity contribution is 0.102. The van der Waals surface area contributed by atoms with Crippen LogP contribution in [0.15, 0.2) is 54.9 Å². The number of rotatable bonds is 3. The fraction of sp³-hybridized carbons (Fsp3) is 0.111. The van der Waals surface area contributed by atoms with Crippen LogP contribution < -0.4 is 13.9 Å². The van der Waals surface area contributed by atoms with Gasteiger partial charge in [-0.25, -0.2) is 9.07 Å². The number of aromatic nitrogens is 2. The number of anilines is 3. The Morgan fingerprint density at radius 1 is 1.07 bits per heavy atom.